The smallest absolute Gasteiger partial charge is 0.240 e. The Morgan fingerprint density at radius 2 is 1.67 bits per heavy atom. The number of hydrogen-bond donors (Lipinski definition) is 2. The number of hydrazone groups is 1. The number of amides is 2. The highest BCUT2D eigenvalue weighted by Crippen LogP contribution is 2.37. The predicted octanol–water partition coefficient (Wildman–Crippen LogP) is 3.54. The van der Waals surface area contributed by atoms with Gasteiger partial charge in [-0.3, -0.25) is 9.59 Å². The minimum absolute atomic E-state index is 0.0114. The standard InChI is InChI=1S/C21H24ClN3O5/c1-13-15(22)6-5-7-16(13)24-19(26)8-9-20(27)25-23-12-14-10-17(28-2)21(30-4)18(11-14)29-3/h5-7,10-12H,8-9H2,1-4H3,(H,24,26)(H,25,27)/b23-12-. The molecule has 2 amide bonds. The van der Waals surface area contributed by atoms with Crippen LogP contribution in [-0.2, 0) is 9.59 Å². The first-order valence-electron chi connectivity index (χ1n) is 9.06. The monoisotopic (exact) mass is 433 g/mol. The Morgan fingerprint density at radius 3 is 2.27 bits per heavy atom. The summed E-state index contributed by atoms with van der Waals surface area (Å²) in [4.78, 5) is 24.0. The van der Waals surface area contributed by atoms with Crippen molar-refractivity contribution in [3.63, 3.8) is 0 Å². The number of nitrogens with zero attached hydrogens (tertiary/aromatic N) is 1. The molecular formula is C21H24ClN3O5. The van der Waals surface area contributed by atoms with E-state index >= 15 is 0 Å². The highest BCUT2D eigenvalue weighted by atomic mass is 35.5. The van der Waals surface area contributed by atoms with Crippen LogP contribution >= 0.6 is 11.6 Å². The first-order valence-corrected chi connectivity index (χ1v) is 9.44. The predicted molar refractivity (Wildman–Crippen MR) is 116 cm³/mol. The van der Waals surface area contributed by atoms with Crippen molar-refractivity contribution >= 4 is 35.3 Å². The third-order valence-corrected chi connectivity index (χ3v) is 4.62. The van der Waals surface area contributed by atoms with Crippen molar-refractivity contribution in [3.05, 3.63) is 46.5 Å². The zero-order valence-electron chi connectivity index (χ0n) is 17.2. The minimum Gasteiger partial charge on any atom is -0.493 e. The van der Waals surface area contributed by atoms with Gasteiger partial charge in [0.1, 0.15) is 0 Å². The molecule has 0 saturated carbocycles. The molecule has 0 aliphatic carbocycles. The average Bonchev–Trinajstić information content (AvgIpc) is 2.74. The summed E-state index contributed by atoms with van der Waals surface area (Å²) in [5.74, 6) is 0.720. The number of hydrogen-bond acceptors (Lipinski definition) is 6. The summed E-state index contributed by atoms with van der Waals surface area (Å²) in [5.41, 5.74) is 4.42. The van der Waals surface area contributed by atoms with Gasteiger partial charge >= 0.3 is 0 Å². The molecule has 9 heteroatoms. The number of nitrogens with one attached hydrogen (secondary N) is 2. The van der Waals surface area contributed by atoms with Gasteiger partial charge < -0.3 is 19.5 Å². The van der Waals surface area contributed by atoms with Crippen LogP contribution in [0.3, 0.4) is 0 Å². The van der Waals surface area contributed by atoms with Crippen LogP contribution in [0.1, 0.15) is 24.0 Å². The van der Waals surface area contributed by atoms with E-state index in [0.717, 1.165) is 5.56 Å². The van der Waals surface area contributed by atoms with Crippen LogP contribution in [0.2, 0.25) is 5.02 Å². The van der Waals surface area contributed by atoms with Crippen molar-refractivity contribution in [2.75, 3.05) is 26.6 Å². The molecule has 0 spiro atoms. The van der Waals surface area contributed by atoms with Crippen LogP contribution in [0.15, 0.2) is 35.4 Å². The Kier molecular flexibility index (Phi) is 8.49. The summed E-state index contributed by atoms with van der Waals surface area (Å²) >= 11 is 6.03. The maximum absolute atomic E-state index is 12.1. The van der Waals surface area contributed by atoms with E-state index in [-0.39, 0.29) is 18.7 Å². The molecular weight excluding hydrogens is 410 g/mol. The highest BCUT2D eigenvalue weighted by Gasteiger charge is 2.13. The number of carbonyl (C=O) groups excluding carboxylic acids is 2. The molecule has 2 aromatic rings. The zero-order valence-corrected chi connectivity index (χ0v) is 18.0. The van der Waals surface area contributed by atoms with E-state index in [1.165, 1.54) is 27.5 Å². The molecule has 0 aromatic heterocycles. The number of ether oxygens (including phenoxy) is 3. The lowest BCUT2D eigenvalue weighted by Crippen LogP contribution is -2.20. The number of rotatable bonds is 9. The normalized spacial score (nSPS) is 10.6. The Bertz CT molecular complexity index is 921. The second-order valence-corrected chi connectivity index (χ2v) is 6.62. The molecule has 2 rings (SSSR count). The Hall–Kier alpha value is -3.26. The summed E-state index contributed by atoms with van der Waals surface area (Å²) < 4.78 is 15.8. The third-order valence-electron chi connectivity index (χ3n) is 4.21. The summed E-state index contributed by atoms with van der Waals surface area (Å²) in [5, 5.41) is 7.21. The molecule has 0 unspecified atom stereocenters. The van der Waals surface area contributed by atoms with Crippen LogP contribution in [-0.4, -0.2) is 39.4 Å². The fraction of sp³-hybridized carbons (Fsp3) is 0.286. The van der Waals surface area contributed by atoms with E-state index in [9.17, 15) is 9.59 Å². The van der Waals surface area contributed by atoms with E-state index in [4.69, 9.17) is 25.8 Å². The maximum Gasteiger partial charge on any atom is 0.240 e. The molecule has 0 heterocycles. The van der Waals surface area contributed by atoms with Crippen LogP contribution in [0.4, 0.5) is 5.69 Å². The number of benzene rings is 2. The molecule has 0 aliphatic rings. The molecule has 0 aliphatic heterocycles. The molecule has 0 radical (unpaired) electrons. The molecule has 2 N–H and O–H groups in total. The van der Waals surface area contributed by atoms with Gasteiger partial charge in [0.05, 0.1) is 27.5 Å². The topological polar surface area (TPSA) is 98.2 Å². The van der Waals surface area contributed by atoms with Gasteiger partial charge in [0.15, 0.2) is 11.5 Å². The highest BCUT2D eigenvalue weighted by molar-refractivity contribution is 6.31. The Balaban J connectivity index is 1.89. The summed E-state index contributed by atoms with van der Waals surface area (Å²) in [6.45, 7) is 1.81. The largest absolute Gasteiger partial charge is 0.493 e. The van der Waals surface area contributed by atoms with E-state index in [1.54, 1.807) is 30.3 Å². The quantitative estimate of drug-likeness (QED) is 0.465. The lowest BCUT2D eigenvalue weighted by atomic mass is 10.2. The molecule has 2 aromatic carbocycles. The van der Waals surface area contributed by atoms with Gasteiger partial charge in [0, 0.05) is 29.1 Å². The third kappa shape index (κ3) is 6.12. The summed E-state index contributed by atoms with van der Waals surface area (Å²) in [7, 11) is 4.53. The molecule has 8 nitrogen and oxygen atoms in total. The second kappa shape index (κ2) is 11.1. The van der Waals surface area contributed by atoms with Crippen molar-refractivity contribution in [2.45, 2.75) is 19.8 Å². The molecule has 0 bridgehead atoms. The van der Waals surface area contributed by atoms with Gasteiger partial charge in [0.25, 0.3) is 0 Å². The van der Waals surface area contributed by atoms with Gasteiger partial charge in [-0.25, -0.2) is 5.43 Å². The van der Waals surface area contributed by atoms with E-state index < -0.39 is 5.91 Å². The fourth-order valence-electron chi connectivity index (χ4n) is 2.59. The first-order chi connectivity index (χ1) is 14.4. The van der Waals surface area contributed by atoms with Crippen LogP contribution < -0.4 is 25.0 Å². The lowest BCUT2D eigenvalue weighted by molar-refractivity contribution is -0.124. The van der Waals surface area contributed by atoms with Crippen molar-refractivity contribution in [1.29, 1.82) is 0 Å². The van der Waals surface area contributed by atoms with Gasteiger partial charge in [0.2, 0.25) is 17.6 Å². The van der Waals surface area contributed by atoms with Gasteiger partial charge in [-0.2, -0.15) is 5.10 Å². The molecule has 30 heavy (non-hydrogen) atoms. The van der Waals surface area contributed by atoms with E-state index in [1.807, 2.05) is 6.92 Å². The number of methoxy groups -OCH3 is 3. The van der Waals surface area contributed by atoms with Gasteiger partial charge in [-0.1, -0.05) is 17.7 Å². The molecule has 0 saturated heterocycles. The number of anilines is 1. The molecule has 160 valence electrons. The second-order valence-electron chi connectivity index (χ2n) is 6.21. The first kappa shape index (κ1) is 23.0. The van der Waals surface area contributed by atoms with Gasteiger partial charge in [-0.05, 0) is 36.8 Å². The maximum atomic E-state index is 12.1. The SMILES string of the molecule is COc1cc(/C=N\NC(=O)CCC(=O)Nc2cccc(Cl)c2C)cc(OC)c1OC. The Morgan fingerprint density at radius 1 is 1.03 bits per heavy atom. The summed E-state index contributed by atoms with van der Waals surface area (Å²) in [6.07, 6.45) is 1.44. The average molecular weight is 434 g/mol. The van der Waals surface area contributed by atoms with E-state index in [2.05, 4.69) is 15.8 Å². The van der Waals surface area contributed by atoms with E-state index in [0.29, 0.717) is 33.5 Å². The molecule has 0 atom stereocenters. The number of carbonyl (C=O) groups is 2. The van der Waals surface area contributed by atoms with Crippen molar-refractivity contribution in [3.8, 4) is 17.2 Å². The van der Waals surface area contributed by atoms with Crippen molar-refractivity contribution in [1.82, 2.24) is 5.43 Å². The summed E-state index contributed by atoms with van der Waals surface area (Å²) in [6, 6.07) is 8.62. The van der Waals surface area contributed by atoms with Crippen LogP contribution in [0.25, 0.3) is 0 Å². The zero-order chi connectivity index (χ0) is 22.1. The van der Waals surface area contributed by atoms with Gasteiger partial charge in [-0.15, -0.1) is 0 Å². The van der Waals surface area contributed by atoms with Crippen molar-refractivity contribution < 1.29 is 23.8 Å². The van der Waals surface area contributed by atoms with Crippen LogP contribution in [0, 0.1) is 6.92 Å². The minimum atomic E-state index is -0.392. The fourth-order valence-corrected chi connectivity index (χ4v) is 2.77. The van der Waals surface area contributed by atoms with Crippen molar-refractivity contribution in [2.24, 2.45) is 5.10 Å². The lowest BCUT2D eigenvalue weighted by Gasteiger charge is -2.12. The van der Waals surface area contributed by atoms with Crippen LogP contribution in [0.5, 0.6) is 17.2 Å². The number of halogens is 1. The molecule has 0 fully saturated rings. The Labute approximate surface area is 180 Å².